The van der Waals surface area contributed by atoms with E-state index in [1.165, 1.54) is 4.90 Å². The lowest BCUT2D eigenvalue weighted by molar-refractivity contribution is -0.140. The average Bonchev–Trinajstić information content (AvgIpc) is 3.03. The van der Waals surface area contributed by atoms with Crippen molar-refractivity contribution in [3.63, 3.8) is 0 Å². The number of rotatable bonds is 8. The number of ether oxygens (including phenoxy) is 2. The highest BCUT2D eigenvalue weighted by molar-refractivity contribution is 6.46. The molecule has 1 aliphatic rings. The van der Waals surface area contributed by atoms with Gasteiger partial charge in [0.05, 0.1) is 18.7 Å². The van der Waals surface area contributed by atoms with Crippen LogP contribution in [0.2, 0.25) is 0 Å². The molecule has 31 heavy (non-hydrogen) atoms. The Morgan fingerprint density at radius 1 is 1.10 bits per heavy atom. The van der Waals surface area contributed by atoms with Gasteiger partial charge in [-0.15, -0.1) is 0 Å². The van der Waals surface area contributed by atoms with Gasteiger partial charge in [0.1, 0.15) is 11.5 Å². The van der Waals surface area contributed by atoms with E-state index in [0.717, 1.165) is 23.1 Å². The molecule has 0 spiro atoms. The number of hydrogen-bond donors (Lipinski definition) is 1. The Hall–Kier alpha value is -3.12. The van der Waals surface area contributed by atoms with Crippen LogP contribution in [0.1, 0.15) is 41.6 Å². The first-order valence-corrected chi connectivity index (χ1v) is 10.4. The van der Waals surface area contributed by atoms with Crippen molar-refractivity contribution in [1.82, 2.24) is 4.90 Å². The molecule has 1 saturated heterocycles. The van der Waals surface area contributed by atoms with E-state index in [0.29, 0.717) is 30.9 Å². The van der Waals surface area contributed by atoms with Crippen LogP contribution in [0, 0.1) is 6.92 Å². The number of ketones is 1. The van der Waals surface area contributed by atoms with E-state index in [4.69, 9.17) is 9.47 Å². The summed E-state index contributed by atoms with van der Waals surface area (Å²) in [5, 5.41) is 11.1. The van der Waals surface area contributed by atoms with Crippen molar-refractivity contribution < 1.29 is 24.2 Å². The molecule has 1 amide bonds. The van der Waals surface area contributed by atoms with E-state index in [9.17, 15) is 14.7 Å². The van der Waals surface area contributed by atoms with Crippen LogP contribution in [0.15, 0.2) is 48.0 Å². The second kappa shape index (κ2) is 9.79. The fourth-order valence-electron chi connectivity index (χ4n) is 3.95. The quantitative estimate of drug-likeness (QED) is 0.300. The normalized spacial score (nSPS) is 17.9. The van der Waals surface area contributed by atoms with E-state index in [1.807, 2.05) is 31.2 Å². The predicted octanol–water partition coefficient (Wildman–Crippen LogP) is 4.02. The van der Waals surface area contributed by atoms with Crippen molar-refractivity contribution >= 4 is 17.4 Å². The lowest BCUT2D eigenvalue weighted by Crippen LogP contribution is -2.31. The Labute approximate surface area is 183 Å². The highest BCUT2D eigenvalue weighted by atomic mass is 16.5. The molecule has 0 aromatic heterocycles. The number of carbonyl (C=O) groups excluding carboxylic acids is 2. The molecule has 1 heterocycles. The van der Waals surface area contributed by atoms with Crippen LogP contribution in [-0.2, 0) is 20.7 Å². The fraction of sp³-hybridized carbons (Fsp3) is 0.360. The van der Waals surface area contributed by atoms with Crippen LogP contribution in [0.5, 0.6) is 5.75 Å². The van der Waals surface area contributed by atoms with Crippen molar-refractivity contribution in [3.05, 3.63) is 70.3 Å². The van der Waals surface area contributed by atoms with Gasteiger partial charge in [-0.3, -0.25) is 9.59 Å². The van der Waals surface area contributed by atoms with Crippen molar-refractivity contribution in [2.45, 2.75) is 32.7 Å². The van der Waals surface area contributed by atoms with Crippen LogP contribution in [0.3, 0.4) is 0 Å². The summed E-state index contributed by atoms with van der Waals surface area (Å²) in [7, 11) is 3.18. The number of hydrogen-bond acceptors (Lipinski definition) is 5. The Morgan fingerprint density at radius 2 is 1.81 bits per heavy atom. The highest BCUT2D eigenvalue weighted by Crippen LogP contribution is 2.40. The van der Waals surface area contributed by atoms with Crippen LogP contribution in [0.4, 0.5) is 0 Å². The molecule has 1 N–H and O–H groups in total. The molecule has 1 atom stereocenters. The maximum atomic E-state index is 13.0. The largest absolute Gasteiger partial charge is 0.507 e. The summed E-state index contributed by atoms with van der Waals surface area (Å²) in [5.74, 6) is -0.772. The van der Waals surface area contributed by atoms with E-state index in [2.05, 4.69) is 6.92 Å². The third kappa shape index (κ3) is 4.49. The van der Waals surface area contributed by atoms with Crippen LogP contribution < -0.4 is 4.74 Å². The van der Waals surface area contributed by atoms with Gasteiger partial charge in [0.2, 0.25) is 0 Å². The number of benzene rings is 2. The number of Topliss-reactive ketones (excluding diaryl/α,β-unsaturated/α-hetero) is 1. The van der Waals surface area contributed by atoms with Gasteiger partial charge in [-0.25, -0.2) is 0 Å². The summed E-state index contributed by atoms with van der Waals surface area (Å²) in [5.41, 5.74) is 3.36. The SMILES string of the molecule is CCc1ccc([C@@H]2C(=C(O)c3ccc(OC)c(C)c3)C(=O)C(=O)N2CCCOC)cc1. The lowest BCUT2D eigenvalue weighted by Gasteiger charge is -2.25. The molecule has 2 aromatic carbocycles. The van der Waals surface area contributed by atoms with E-state index < -0.39 is 17.7 Å². The molecule has 0 unspecified atom stereocenters. The third-order valence-corrected chi connectivity index (χ3v) is 5.66. The van der Waals surface area contributed by atoms with Crippen molar-refractivity contribution in [2.75, 3.05) is 27.4 Å². The van der Waals surface area contributed by atoms with Gasteiger partial charge in [-0.2, -0.15) is 0 Å². The monoisotopic (exact) mass is 423 g/mol. The molecule has 0 bridgehead atoms. The van der Waals surface area contributed by atoms with Crippen LogP contribution >= 0.6 is 0 Å². The molecular weight excluding hydrogens is 394 g/mol. The van der Waals surface area contributed by atoms with Crippen molar-refractivity contribution in [2.24, 2.45) is 0 Å². The Bertz CT molecular complexity index is 993. The Balaban J connectivity index is 2.11. The summed E-state index contributed by atoms with van der Waals surface area (Å²) < 4.78 is 10.4. The zero-order chi connectivity index (χ0) is 22.5. The first-order valence-electron chi connectivity index (χ1n) is 10.4. The number of aliphatic hydroxyl groups is 1. The number of amides is 1. The van der Waals surface area contributed by atoms with Crippen LogP contribution in [0.25, 0.3) is 5.76 Å². The molecule has 164 valence electrons. The molecule has 3 rings (SSSR count). The van der Waals surface area contributed by atoms with Gasteiger partial charge in [-0.1, -0.05) is 31.2 Å². The van der Waals surface area contributed by atoms with E-state index in [-0.39, 0.29) is 11.3 Å². The van der Waals surface area contributed by atoms with Gasteiger partial charge in [0.25, 0.3) is 11.7 Å². The van der Waals surface area contributed by atoms with Crippen molar-refractivity contribution in [1.29, 1.82) is 0 Å². The van der Waals surface area contributed by atoms with E-state index >= 15 is 0 Å². The number of nitrogens with zero attached hydrogens (tertiary/aromatic N) is 1. The Kier molecular flexibility index (Phi) is 7.13. The summed E-state index contributed by atoms with van der Waals surface area (Å²) in [6.07, 6.45) is 1.48. The maximum Gasteiger partial charge on any atom is 0.295 e. The second-order valence-electron chi connectivity index (χ2n) is 7.62. The van der Waals surface area contributed by atoms with Gasteiger partial charge in [0, 0.05) is 25.8 Å². The van der Waals surface area contributed by atoms with Crippen molar-refractivity contribution in [3.8, 4) is 5.75 Å². The smallest absolute Gasteiger partial charge is 0.295 e. The summed E-state index contributed by atoms with van der Waals surface area (Å²) in [6.45, 7) is 4.76. The summed E-state index contributed by atoms with van der Waals surface area (Å²) in [4.78, 5) is 27.4. The molecule has 0 radical (unpaired) electrons. The fourth-order valence-corrected chi connectivity index (χ4v) is 3.95. The zero-order valence-electron chi connectivity index (χ0n) is 18.5. The van der Waals surface area contributed by atoms with Gasteiger partial charge < -0.3 is 19.5 Å². The molecule has 1 fully saturated rings. The summed E-state index contributed by atoms with van der Waals surface area (Å²) >= 11 is 0. The number of methoxy groups -OCH3 is 2. The molecule has 6 heteroatoms. The van der Waals surface area contributed by atoms with Gasteiger partial charge in [-0.05, 0) is 54.7 Å². The van der Waals surface area contributed by atoms with Gasteiger partial charge in [0.15, 0.2) is 0 Å². The standard InChI is InChI=1S/C25H29NO5/c1-5-17-7-9-18(10-8-17)22-21(24(28)25(29)26(22)13-6-14-30-3)23(27)19-11-12-20(31-4)16(2)15-19/h7-12,15,22,27H,5-6,13-14H2,1-4H3/t22-/m1/s1. The summed E-state index contributed by atoms with van der Waals surface area (Å²) in [6, 6.07) is 12.4. The molecule has 6 nitrogen and oxygen atoms in total. The topological polar surface area (TPSA) is 76.1 Å². The lowest BCUT2D eigenvalue weighted by atomic mass is 9.94. The molecular formula is C25H29NO5. The average molecular weight is 424 g/mol. The number of aliphatic hydroxyl groups excluding tert-OH is 1. The third-order valence-electron chi connectivity index (χ3n) is 5.66. The van der Waals surface area contributed by atoms with Gasteiger partial charge >= 0.3 is 0 Å². The predicted molar refractivity (Wildman–Crippen MR) is 119 cm³/mol. The molecule has 0 saturated carbocycles. The minimum absolute atomic E-state index is 0.108. The maximum absolute atomic E-state index is 13.0. The molecule has 1 aliphatic heterocycles. The second-order valence-corrected chi connectivity index (χ2v) is 7.62. The minimum atomic E-state index is -0.673. The zero-order valence-corrected chi connectivity index (χ0v) is 18.5. The molecule has 0 aliphatic carbocycles. The first kappa shape index (κ1) is 22.6. The number of carbonyl (C=O) groups is 2. The number of aryl methyl sites for hydroxylation is 2. The highest BCUT2D eigenvalue weighted by Gasteiger charge is 2.45. The minimum Gasteiger partial charge on any atom is -0.507 e. The van der Waals surface area contributed by atoms with E-state index in [1.54, 1.807) is 32.4 Å². The Morgan fingerprint density at radius 3 is 2.39 bits per heavy atom. The number of likely N-dealkylation sites (tertiary alicyclic amines) is 1. The molecule has 2 aromatic rings. The first-order chi connectivity index (χ1) is 14.9. The van der Waals surface area contributed by atoms with Crippen LogP contribution in [-0.4, -0.2) is 49.1 Å².